The maximum Gasteiger partial charge on any atom is 0.330 e. The van der Waals surface area contributed by atoms with Crippen molar-refractivity contribution in [3.05, 3.63) is 12.2 Å². The second-order valence-electron chi connectivity index (χ2n) is 3.16. The summed E-state index contributed by atoms with van der Waals surface area (Å²) in [6, 6.07) is 0. The van der Waals surface area contributed by atoms with Gasteiger partial charge in [0.1, 0.15) is 13.2 Å². The van der Waals surface area contributed by atoms with Crippen LogP contribution in [-0.2, 0) is 19.1 Å². The topological polar surface area (TPSA) is 55.8 Å². The first-order valence-corrected chi connectivity index (χ1v) is 4.90. The molecule has 0 N–H and O–H groups in total. The predicted octanol–water partition coefficient (Wildman–Crippen LogP) is -0.0355. The molecule has 0 amide bonds. The van der Waals surface area contributed by atoms with Crippen LogP contribution in [0.4, 0.5) is 0 Å². The Morgan fingerprint density at radius 3 is 3.13 bits per heavy atom. The smallest absolute Gasteiger partial charge is 0.330 e. The van der Waals surface area contributed by atoms with E-state index < -0.39 is 0 Å². The Morgan fingerprint density at radius 2 is 2.47 bits per heavy atom. The van der Waals surface area contributed by atoms with Crippen molar-refractivity contribution in [2.75, 3.05) is 32.8 Å². The first-order valence-electron chi connectivity index (χ1n) is 4.90. The third kappa shape index (κ3) is 4.60. The van der Waals surface area contributed by atoms with Gasteiger partial charge in [0.15, 0.2) is 0 Å². The first-order chi connectivity index (χ1) is 7.22. The molecule has 0 unspecified atom stereocenters. The number of rotatable bonds is 4. The minimum Gasteiger partial charge on any atom is -0.463 e. The molecule has 84 valence electrons. The van der Waals surface area contributed by atoms with E-state index in [1.165, 1.54) is 6.08 Å². The van der Waals surface area contributed by atoms with Crippen LogP contribution in [0.1, 0.15) is 6.92 Å². The molecule has 5 heteroatoms. The molecule has 0 aromatic carbocycles. The lowest BCUT2D eigenvalue weighted by atomic mass is 10.4. The molecule has 0 aliphatic carbocycles. The molecule has 1 saturated heterocycles. The molecule has 0 radical (unpaired) electrons. The van der Waals surface area contributed by atoms with Crippen molar-refractivity contribution in [1.29, 1.82) is 0 Å². The van der Waals surface area contributed by atoms with Crippen molar-refractivity contribution in [1.82, 2.24) is 4.90 Å². The number of allylic oxidation sites excluding steroid dienone is 1. The molecule has 0 atom stereocenters. The normalized spacial score (nSPS) is 17.8. The van der Waals surface area contributed by atoms with Crippen LogP contribution in [0.3, 0.4) is 0 Å². The lowest BCUT2D eigenvalue weighted by Gasteiger charge is -2.24. The molecular weight excluding hydrogens is 198 g/mol. The van der Waals surface area contributed by atoms with Crippen LogP contribution in [0, 0.1) is 0 Å². The number of carbonyl (C=O) groups is 2. The Kier molecular flexibility index (Phi) is 4.83. The minimum atomic E-state index is -0.350. The quantitative estimate of drug-likeness (QED) is 0.484. The maximum absolute atomic E-state index is 10.9. The van der Waals surface area contributed by atoms with Gasteiger partial charge in [-0.25, -0.2) is 4.79 Å². The number of ether oxygens (including phenoxy) is 2. The Morgan fingerprint density at radius 1 is 1.67 bits per heavy atom. The predicted molar refractivity (Wildman–Crippen MR) is 53.2 cm³/mol. The van der Waals surface area contributed by atoms with E-state index >= 15 is 0 Å². The fourth-order valence-electron chi connectivity index (χ4n) is 1.25. The molecule has 0 bridgehead atoms. The average molecular weight is 213 g/mol. The highest BCUT2D eigenvalue weighted by Gasteiger charge is 2.17. The highest BCUT2D eigenvalue weighted by Crippen LogP contribution is 1.97. The summed E-state index contributed by atoms with van der Waals surface area (Å²) in [5.41, 5.74) is 0. The lowest BCUT2D eigenvalue weighted by Crippen LogP contribution is -2.41. The average Bonchev–Trinajstić information content (AvgIpc) is 2.18. The zero-order chi connectivity index (χ0) is 11.1. The molecule has 1 aliphatic rings. The van der Waals surface area contributed by atoms with E-state index in [9.17, 15) is 9.59 Å². The molecule has 1 rings (SSSR count). The number of nitrogens with zero attached hydrogens (tertiary/aromatic N) is 1. The van der Waals surface area contributed by atoms with Crippen molar-refractivity contribution >= 4 is 11.9 Å². The van der Waals surface area contributed by atoms with Crippen LogP contribution in [0.2, 0.25) is 0 Å². The Balaban J connectivity index is 2.14. The molecule has 0 aromatic heterocycles. The van der Waals surface area contributed by atoms with Gasteiger partial charge in [0.2, 0.25) is 0 Å². The fraction of sp³-hybridized carbons (Fsp3) is 0.600. The molecular formula is C10H15NO4. The molecule has 1 fully saturated rings. The second-order valence-corrected chi connectivity index (χ2v) is 3.16. The number of morpholine rings is 1. The Hall–Kier alpha value is -1.36. The number of esters is 2. The van der Waals surface area contributed by atoms with Gasteiger partial charge in [-0.3, -0.25) is 9.69 Å². The largest absolute Gasteiger partial charge is 0.463 e. The number of cyclic esters (lactones) is 1. The second kappa shape index (κ2) is 6.19. The van der Waals surface area contributed by atoms with Gasteiger partial charge >= 0.3 is 11.9 Å². The van der Waals surface area contributed by atoms with Crippen molar-refractivity contribution in [2.45, 2.75) is 6.92 Å². The van der Waals surface area contributed by atoms with Crippen LogP contribution in [-0.4, -0.2) is 49.7 Å². The van der Waals surface area contributed by atoms with Crippen molar-refractivity contribution < 1.29 is 19.1 Å². The van der Waals surface area contributed by atoms with E-state index in [0.29, 0.717) is 26.3 Å². The zero-order valence-electron chi connectivity index (χ0n) is 8.77. The standard InChI is InChI=1S/C10H15NO4/c1-2-3-9(12)14-6-4-11-5-7-15-10(13)8-11/h2-3H,4-8H2,1H3/b3-2+. The van der Waals surface area contributed by atoms with Crippen molar-refractivity contribution in [3.63, 3.8) is 0 Å². The summed E-state index contributed by atoms with van der Waals surface area (Å²) in [4.78, 5) is 23.7. The summed E-state index contributed by atoms with van der Waals surface area (Å²) in [7, 11) is 0. The van der Waals surface area contributed by atoms with Crippen LogP contribution in [0.15, 0.2) is 12.2 Å². The Bertz CT molecular complexity index is 262. The van der Waals surface area contributed by atoms with Gasteiger partial charge in [-0.05, 0) is 6.92 Å². The van der Waals surface area contributed by atoms with E-state index in [2.05, 4.69) is 0 Å². The highest BCUT2D eigenvalue weighted by molar-refractivity contribution is 5.81. The van der Waals surface area contributed by atoms with Gasteiger partial charge in [0.05, 0.1) is 6.54 Å². The van der Waals surface area contributed by atoms with Crippen LogP contribution in [0.25, 0.3) is 0 Å². The Labute approximate surface area is 88.6 Å². The molecule has 0 saturated carbocycles. The van der Waals surface area contributed by atoms with Gasteiger partial charge in [-0.2, -0.15) is 0 Å². The van der Waals surface area contributed by atoms with E-state index in [1.54, 1.807) is 13.0 Å². The van der Waals surface area contributed by atoms with E-state index in [-0.39, 0.29) is 18.5 Å². The van der Waals surface area contributed by atoms with Crippen LogP contribution >= 0.6 is 0 Å². The fourth-order valence-corrected chi connectivity index (χ4v) is 1.25. The van der Waals surface area contributed by atoms with Crippen molar-refractivity contribution in [2.24, 2.45) is 0 Å². The summed E-state index contributed by atoms with van der Waals surface area (Å²) in [5.74, 6) is -0.571. The van der Waals surface area contributed by atoms with Gasteiger partial charge < -0.3 is 9.47 Å². The monoisotopic (exact) mass is 213 g/mol. The van der Waals surface area contributed by atoms with Gasteiger partial charge in [0.25, 0.3) is 0 Å². The van der Waals surface area contributed by atoms with Gasteiger partial charge in [-0.1, -0.05) is 6.08 Å². The molecule has 5 nitrogen and oxygen atoms in total. The lowest BCUT2D eigenvalue weighted by molar-refractivity contribution is -0.151. The minimum absolute atomic E-state index is 0.221. The summed E-state index contributed by atoms with van der Waals surface area (Å²) < 4.78 is 9.68. The van der Waals surface area contributed by atoms with Gasteiger partial charge in [0, 0.05) is 19.2 Å². The van der Waals surface area contributed by atoms with Crippen LogP contribution in [0.5, 0.6) is 0 Å². The number of carbonyl (C=O) groups excluding carboxylic acids is 2. The summed E-state index contributed by atoms with van der Waals surface area (Å²) in [5, 5.41) is 0. The first kappa shape index (κ1) is 11.7. The summed E-state index contributed by atoms with van der Waals surface area (Å²) >= 11 is 0. The molecule has 0 aromatic rings. The molecule has 1 heterocycles. The van der Waals surface area contributed by atoms with Gasteiger partial charge in [-0.15, -0.1) is 0 Å². The molecule has 1 aliphatic heterocycles. The summed E-state index contributed by atoms with van der Waals surface area (Å²) in [6.45, 7) is 4.02. The summed E-state index contributed by atoms with van der Waals surface area (Å²) in [6.07, 6.45) is 2.99. The van der Waals surface area contributed by atoms with Crippen LogP contribution < -0.4 is 0 Å². The van der Waals surface area contributed by atoms with E-state index in [4.69, 9.17) is 9.47 Å². The maximum atomic E-state index is 10.9. The molecule has 15 heavy (non-hydrogen) atoms. The van der Waals surface area contributed by atoms with Crippen molar-refractivity contribution in [3.8, 4) is 0 Å². The molecule has 0 spiro atoms. The SMILES string of the molecule is C/C=C/C(=O)OCCN1CCOC(=O)C1. The third-order valence-corrected chi connectivity index (χ3v) is 1.98. The third-order valence-electron chi connectivity index (χ3n) is 1.98. The number of hydrogen-bond donors (Lipinski definition) is 0. The highest BCUT2D eigenvalue weighted by atomic mass is 16.5. The zero-order valence-corrected chi connectivity index (χ0v) is 8.77. The van der Waals surface area contributed by atoms with E-state index in [0.717, 1.165) is 0 Å². The number of hydrogen-bond acceptors (Lipinski definition) is 5. The van der Waals surface area contributed by atoms with E-state index in [1.807, 2.05) is 4.90 Å².